The monoisotopic (exact) mass is 338 g/mol. The summed E-state index contributed by atoms with van der Waals surface area (Å²) in [5, 5.41) is 5.19. The number of carbonyl (C=O) groups excluding carboxylic acids is 1. The van der Waals surface area contributed by atoms with E-state index in [9.17, 15) is 4.79 Å². The van der Waals surface area contributed by atoms with Crippen LogP contribution in [-0.2, 0) is 15.9 Å². The van der Waals surface area contributed by atoms with E-state index in [1.807, 2.05) is 17.9 Å². The third-order valence-electron chi connectivity index (χ3n) is 4.77. The van der Waals surface area contributed by atoms with E-state index in [2.05, 4.69) is 23.7 Å². The molecule has 0 spiro atoms. The van der Waals surface area contributed by atoms with Crippen molar-refractivity contribution in [3.8, 4) is 0 Å². The first-order valence-corrected chi connectivity index (χ1v) is 9.30. The average Bonchev–Trinajstić information content (AvgIpc) is 3.20. The maximum absolute atomic E-state index is 12.5. The second-order valence-corrected chi connectivity index (χ2v) is 7.66. The molecule has 1 aromatic rings. The van der Waals surface area contributed by atoms with Crippen LogP contribution in [0.4, 0.5) is 4.79 Å². The van der Waals surface area contributed by atoms with Gasteiger partial charge in [0.05, 0.1) is 13.2 Å². The molecule has 2 aliphatic heterocycles. The van der Waals surface area contributed by atoms with Gasteiger partial charge in [0.25, 0.3) is 0 Å². The molecule has 2 fully saturated rings. The van der Waals surface area contributed by atoms with Gasteiger partial charge in [0.15, 0.2) is 5.79 Å². The highest BCUT2D eigenvalue weighted by atomic mass is 32.1. The summed E-state index contributed by atoms with van der Waals surface area (Å²) in [6, 6.07) is 4.32. The maximum Gasteiger partial charge on any atom is 0.317 e. The van der Waals surface area contributed by atoms with Gasteiger partial charge in [-0.2, -0.15) is 0 Å². The Labute approximate surface area is 142 Å². The van der Waals surface area contributed by atoms with Crippen molar-refractivity contribution in [2.75, 3.05) is 26.3 Å². The minimum absolute atomic E-state index is 0.0281. The predicted molar refractivity (Wildman–Crippen MR) is 90.6 cm³/mol. The van der Waals surface area contributed by atoms with Gasteiger partial charge in [0.2, 0.25) is 0 Å². The lowest BCUT2D eigenvalue weighted by atomic mass is 9.90. The Kier molecular flexibility index (Phi) is 5.24. The molecule has 3 rings (SSSR count). The molecule has 0 aromatic carbocycles. The molecule has 0 saturated carbocycles. The number of ether oxygens (including phenoxy) is 2. The minimum atomic E-state index is -0.526. The summed E-state index contributed by atoms with van der Waals surface area (Å²) in [6.07, 6.45) is 2.93. The highest BCUT2D eigenvalue weighted by Crippen LogP contribution is 2.34. The van der Waals surface area contributed by atoms with E-state index < -0.39 is 5.79 Å². The van der Waals surface area contributed by atoms with Gasteiger partial charge in [-0.25, -0.2) is 4.79 Å². The molecule has 128 valence electrons. The standard InChI is InChI=1S/C17H26N2O3S/c1-13(11-15-6-4-10-23-15)18-16(20)19-7-3-5-14(12-19)17(2)21-8-9-22-17/h4,6,10,13-14H,3,5,7-9,11-12H2,1-2H3,(H,18,20)/t13-,14+/m0/s1. The van der Waals surface area contributed by atoms with Gasteiger partial charge in [-0.1, -0.05) is 6.07 Å². The van der Waals surface area contributed by atoms with Crippen molar-refractivity contribution in [1.82, 2.24) is 10.2 Å². The van der Waals surface area contributed by atoms with Crippen molar-refractivity contribution in [3.63, 3.8) is 0 Å². The number of carbonyl (C=O) groups is 1. The number of thiophene rings is 1. The first-order valence-electron chi connectivity index (χ1n) is 8.42. The zero-order chi connectivity index (χ0) is 16.3. The van der Waals surface area contributed by atoms with Crippen molar-refractivity contribution >= 4 is 17.4 Å². The average molecular weight is 338 g/mol. The normalized spacial score (nSPS) is 25.3. The highest BCUT2D eigenvalue weighted by molar-refractivity contribution is 7.09. The van der Waals surface area contributed by atoms with E-state index in [-0.39, 0.29) is 18.0 Å². The third-order valence-corrected chi connectivity index (χ3v) is 5.67. The van der Waals surface area contributed by atoms with Crippen LogP contribution in [0.15, 0.2) is 17.5 Å². The zero-order valence-electron chi connectivity index (χ0n) is 13.9. The lowest BCUT2D eigenvalue weighted by Crippen LogP contribution is -2.52. The molecule has 1 N–H and O–H groups in total. The number of nitrogens with one attached hydrogen (secondary N) is 1. The van der Waals surface area contributed by atoms with Crippen molar-refractivity contribution in [2.45, 2.75) is 44.9 Å². The number of hydrogen-bond donors (Lipinski definition) is 1. The summed E-state index contributed by atoms with van der Waals surface area (Å²) in [5.74, 6) is -0.279. The molecule has 0 aliphatic carbocycles. The molecular weight excluding hydrogens is 312 g/mol. The van der Waals surface area contributed by atoms with Crippen molar-refractivity contribution < 1.29 is 14.3 Å². The van der Waals surface area contributed by atoms with Gasteiger partial charge in [0, 0.05) is 36.3 Å². The lowest BCUT2D eigenvalue weighted by molar-refractivity contribution is -0.189. The second kappa shape index (κ2) is 7.20. The summed E-state index contributed by atoms with van der Waals surface area (Å²) in [7, 11) is 0. The quantitative estimate of drug-likeness (QED) is 0.918. The first-order chi connectivity index (χ1) is 11.1. The summed E-state index contributed by atoms with van der Waals surface area (Å²) in [6.45, 7) is 6.88. The number of rotatable bonds is 4. The van der Waals surface area contributed by atoms with Crippen LogP contribution in [0.5, 0.6) is 0 Å². The molecule has 0 bridgehead atoms. The molecule has 5 nitrogen and oxygen atoms in total. The number of amides is 2. The Morgan fingerprint density at radius 3 is 3.00 bits per heavy atom. The van der Waals surface area contributed by atoms with Gasteiger partial charge in [-0.05, 0) is 38.1 Å². The molecule has 6 heteroatoms. The van der Waals surface area contributed by atoms with E-state index in [0.717, 1.165) is 25.8 Å². The van der Waals surface area contributed by atoms with Crippen LogP contribution in [0.25, 0.3) is 0 Å². The summed E-state index contributed by atoms with van der Waals surface area (Å²) in [5.41, 5.74) is 0. The summed E-state index contributed by atoms with van der Waals surface area (Å²) in [4.78, 5) is 15.8. The van der Waals surface area contributed by atoms with E-state index in [0.29, 0.717) is 19.8 Å². The zero-order valence-corrected chi connectivity index (χ0v) is 14.7. The van der Waals surface area contributed by atoms with Crippen molar-refractivity contribution in [2.24, 2.45) is 5.92 Å². The Bertz CT molecular complexity index is 514. The molecule has 2 aliphatic rings. The van der Waals surface area contributed by atoms with Crippen LogP contribution in [0.1, 0.15) is 31.6 Å². The Morgan fingerprint density at radius 2 is 2.30 bits per heavy atom. The van der Waals surface area contributed by atoms with Crippen LogP contribution >= 0.6 is 11.3 Å². The molecule has 23 heavy (non-hydrogen) atoms. The topological polar surface area (TPSA) is 50.8 Å². The maximum atomic E-state index is 12.5. The number of piperidine rings is 1. The van der Waals surface area contributed by atoms with Gasteiger partial charge in [0.1, 0.15) is 0 Å². The van der Waals surface area contributed by atoms with E-state index in [1.165, 1.54) is 4.88 Å². The molecule has 2 saturated heterocycles. The Balaban J connectivity index is 1.52. The van der Waals surface area contributed by atoms with Crippen molar-refractivity contribution in [1.29, 1.82) is 0 Å². The molecule has 1 aromatic heterocycles. The fraction of sp³-hybridized carbons (Fsp3) is 0.706. The fourth-order valence-corrected chi connectivity index (χ4v) is 4.27. The van der Waals surface area contributed by atoms with Crippen LogP contribution in [0.3, 0.4) is 0 Å². The smallest absolute Gasteiger partial charge is 0.317 e. The van der Waals surface area contributed by atoms with E-state index >= 15 is 0 Å². The van der Waals surface area contributed by atoms with Crippen LogP contribution in [0.2, 0.25) is 0 Å². The van der Waals surface area contributed by atoms with E-state index in [4.69, 9.17) is 9.47 Å². The van der Waals surface area contributed by atoms with Crippen LogP contribution < -0.4 is 5.32 Å². The molecule has 0 unspecified atom stereocenters. The van der Waals surface area contributed by atoms with Gasteiger partial charge >= 0.3 is 6.03 Å². The van der Waals surface area contributed by atoms with Crippen molar-refractivity contribution in [3.05, 3.63) is 22.4 Å². The molecule has 0 radical (unpaired) electrons. The van der Waals surface area contributed by atoms with E-state index in [1.54, 1.807) is 11.3 Å². The summed E-state index contributed by atoms with van der Waals surface area (Å²) < 4.78 is 11.6. The molecule has 3 heterocycles. The lowest BCUT2D eigenvalue weighted by Gasteiger charge is -2.40. The molecule has 2 amide bonds. The predicted octanol–water partition coefficient (Wildman–Crippen LogP) is 2.86. The molecule has 2 atom stereocenters. The summed E-state index contributed by atoms with van der Waals surface area (Å²) >= 11 is 1.73. The van der Waals surface area contributed by atoms with Gasteiger partial charge < -0.3 is 19.7 Å². The number of hydrogen-bond acceptors (Lipinski definition) is 4. The van der Waals surface area contributed by atoms with Crippen LogP contribution in [0, 0.1) is 5.92 Å². The second-order valence-electron chi connectivity index (χ2n) is 6.63. The van der Waals surface area contributed by atoms with Crippen LogP contribution in [-0.4, -0.2) is 49.1 Å². The molecular formula is C17H26N2O3S. The third kappa shape index (κ3) is 4.05. The fourth-order valence-electron chi connectivity index (χ4n) is 3.44. The SMILES string of the molecule is C[C@@H](Cc1cccs1)NC(=O)N1CCC[C@@H](C2(C)OCCO2)C1. The van der Waals surface area contributed by atoms with Gasteiger partial charge in [-0.3, -0.25) is 0 Å². The first kappa shape index (κ1) is 16.7. The van der Waals surface area contributed by atoms with Gasteiger partial charge in [-0.15, -0.1) is 11.3 Å². The highest BCUT2D eigenvalue weighted by Gasteiger charge is 2.42. The largest absolute Gasteiger partial charge is 0.347 e. The Morgan fingerprint density at radius 1 is 1.52 bits per heavy atom. The Hall–Kier alpha value is -1.11. The number of urea groups is 1. The number of nitrogens with zero attached hydrogens (tertiary/aromatic N) is 1. The number of likely N-dealkylation sites (tertiary alicyclic amines) is 1. The minimum Gasteiger partial charge on any atom is -0.347 e.